The molecular weight excluding hydrogens is 292 g/mol. The minimum Gasteiger partial charge on any atom is -0.481 e. The molecule has 0 bridgehead atoms. The molecule has 124 valence electrons. The topological polar surface area (TPSA) is 82.2 Å². The number of aliphatic carboxylic acids is 1. The molecule has 0 aliphatic heterocycles. The Morgan fingerprint density at radius 1 is 1.13 bits per heavy atom. The lowest BCUT2D eigenvalue weighted by Gasteiger charge is -2.06. The highest BCUT2D eigenvalue weighted by Crippen LogP contribution is 2.24. The molecule has 23 heavy (non-hydrogen) atoms. The minimum absolute atomic E-state index is 0.0672. The zero-order valence-electron chi connectivity index (χ0n) is 13.7. The molecule has 1 aromatic carbocycles. The quantitative estimate of drug-likeness (QED) is 0.651. The third-order valence-electron chi connectivity index (χ3n) is 4.19. The number of hydrogen-bond donors (Lipinski definition) is 3. The van der Waals surface area contributed by atoms with Crippen molar-refractivity contribution in [1.29, 1.82) is 0 Å². The molecule has 2 aromatic rings. The fourth-order valence-corrected chi connectivity index (χ4v) is 2.72. The van der Waals surface area contributed by atoms with E-state index >= 15 is 0 Å². The van der Waals surface area contributed by atoms with E-state index in [1.807, 2.05) is 32.0 Å². The lowest BCUT2D eigenvalue weighted by Crippen LogP contribution is -2.24. The number of aryl methyl sites for hydroxylation is 2. The normalized spacial score (nSPS) is 10.9. The van der Waals surface area contributed by atoms with Gasteiger partial charge in [0.05, 0.1) is 11.1 Å². The summed E-state index contributed by atoms with van der Waals surface area (Å²) in [6.07, 6.45) is 3.60. The Kier molecular flexibility index (Phi) is 5.79. The number of aromatic nitrogens is 1. The Labute approximate surface area is 136 Å². The maximum Gasteiger partial charge on any atom is 0.303 e. The lowest BCUT2D eigenvalue weighted by atomic mass is 10.1. The summed E-state index contributed by atoms with van der Waals surface area (Å²) in [6.45, 7) is 4.67. The van der Waals surface area contributed by atoms with Crippen LogP contribution in [-0.4, -0.2) is 28.5 Å². The second-order valence-corrected chi connectivity index (χ2v) is 5.92. The minimum atomic E-state index is -0.747. The Morgan fingerprint density at radius 3 is 2.61 bits per heavy atom. The van der Waals surface area contributed by atoms with E-state index in [1.54, 1.807) is 0 Å². The number of carbonyl (C=O) groups is 2. The average molecular weight is 316 g/mol. The van der Waals surface area contributed by atoms with E-state index in [0.717, 1.165) is 35.9 Å². The average Bonchev–Trinajstić information content (AvgIpc) is 2.81. The van der Waals surface area contributed by atoms with Gasteiger partial charge >= 0.3 is 5.97 Å². The molecule has 0 fully saturated rings. The number of aromatic amines is 1. The molecule has 0 atom stereocenters. The molecule has 3 N–H and O–H groups in total. The molecule has 5 nitrogen and oxygen atoms in total. The van der Waals surface area contributed by atoms with Gasteiger partial charge in [-0.2, -0.15) is 0 Å². The van der Waals surface area contributed by atoms with Crippen molar-refractivity contribution in [2.45, 2.75) is 46.0 Å². The highest BCUT2D eigenvalue weighted by molar-refractivity contribution is 6.06. The van der Waals surface area contributed by atoms with Gasteiger partial charge in [-0.05, 0) is 38.3 Å². The predicted molar refractivity (Wildman–Crippen MR) is 90.8 cm³/mol. The number of benzene rings is 1. The van der Waals surface area contributed by atoms with Crippen LogP contribution in [0.3, 0.4) is 0 Å². The summed E-state index contributed by atoms with van der Waals surface area (Å²) in [5, 5.41) is 12.6. The van der Waals surface area contributed by atoms with E-state index in [2.05, 4.69) is 10.3 Å². The number of unbranched alkanes of at least 4 members (excludes halogenated alkanes) is 3. The smallest absolute Gasteiger partial charge is 0.303 e. The van der Waals surface area contributed by atoms with E-state index in [9.17, 15) is 9.59 Å². The molecule has 1 amide bonds. The fourth-order valence-electron chi connectivity index (χ4n) is 2.72. The summed E-state index contributed by atoms with van der Waals surface area (Å²) in [5.74, 6) is -0.815. The third kappa shape index (κ3) is 4.34. The zero-order chi connectivity index (χ0) is 16.8. The molecule has 5 heteroatoms. The van der Waals surface area contributed by atoms with E-state index < -0.39 is 5.97 Å². The van der Waals surface area contributed by atoms with Crippen LogP contribution in [0.5, 0.6) is 0 Å². The van der Waals surface area contributed by atoms with Crippen LogP contribution in [0, 0.1) is 13.8 Å². The maximum atomic E-state index is 12.3. The van der Waals surface area contributed by atoms with Gasteiger partial charge < -0.3 is 15.4 Å². The second-order valence-electron chi connectivity index (χ2n) is 5.92. The molecule has 0 unspecified atom stereocenters. The second kappa shape index (κ2) is 7.81. The van der Waals surface area contributed by atoms with E-state index in [1.165, 1.54) is 5.56 Å². The first kappa shape index (κ1) is 17.1. The Bertz CT molecular complexity index is 704. The number of nitrogens with one attached hydrogen (secondary N) is 2. The van der Waals surface area contributed by atoms with Crippen molar-refractivity contribution < 1.29 is 14.7 Å². The van der Waals surface area contributed by atoms with Gasteiger partial charge in [0.2, 0.25) is 0 Å². The third-order valence-corrected chi connectivity index (χ3v) is 4.19. The zero-order valence-corrected chi connectivity index (χ0v) is 13.7. The molecule has 1 heterocycles. The SMILES string of the molecule is Cc1[nH]c2c(C(=O)NCCCCCCC(=O)O)cccc2c1C. The summed E-state index contributed by atoms with van der Waals surface area (Å²) in [5.41, 5.74) is 3.82. The molecule has 0 saturated carbocycles. The summed E-state index contributed by atoms with van der Waals surface area (Å²) in [7, 11) is 0. The van der Waals surface area contributed by atoms with Crippen molar-refractivity contribution in [3.8, 4) is 0 Å². The Balaban J connectivity index is 1.85. The van der Waals surface area contributed by atoms with Gasteiger partial charge in [-0.1, -0.05) is 25.0 Å². The van der Waals surface area contributed by atoms with Crippen LogP contribution in [0.1, 0.15) is 53.7 Å². The number of para-hydroxylation sites is 1. The summed E-state index contributed by atoms with van der Waals surface area (Å²) in [6, 6.07) is 5.76. The van der Waals surface area contributed by atoms with Crippen molar-refractivity contribution in [3.63, 3.8) is 0 Å². The van der Waals surface area contributed by atoms with Crippen LogP contribution in [0.25, 0.3) is 10.9 Å². The molecule has 0 saturated heterocycles. The largest absolute Gasteiger partial charge is 0.481 e. The van der Waals surface area contributed by atoms with Gasteiger partial charge in [0, 0.05) is 24.0 Å². The monoisotopic (exact) mass is 316 g/mol. The number of carboxylic acids is 1. The van der Waals surface area contributed by atoms with Crippen molar-refractivity contribution >= 4 is 22.8 Å². The highest BCUT2D eigenvalue weighted by atomic mass is 16.4. The molecule has 2 rings (SSSR count). The first-order valence-electron chi connectivity index (χ1n) is 8.08. The summed E-state index contributed by atoms with van der Waals surface area (Å²) < 4.78 is 0. The molecule has 0 aliphatic carbocycles. The van der Waals surface area contributed by atoms with Crippen molar-refractivity contribution in [3.05, 3.63) is 35.0 Å². The number of hydrogen-bond acceptors (Lipinski definition) is 2. The number of rotatable bonds is 8. The number of carbonyl (C=O) groups excluding carboxylic acids is 1. The van der Waals surface area contributed by atoms with Crippen LogP contribution in [0.4, 0.5) is 0 Å². The van der Waals surface area contributed by atoms with E-state index in [0.29, 0.717) is 18.5 Å². The number of amides is 1. The van der Waals surface area contributed by atoms with E-state index in [4.69, 9.17) is 5.11 Å². The molecule has 0 spiro atoms. The van der Waals surface area contributed by atoms with Gasteiger partial charge in [0.1, 0.15) is 0 Å². The van der Waals surface area contributed by atoms with Gasteiger partial charge in [-0.15, -0.1) is 0 Å². The van der Waals surface area contributed by atoms with Gasteiger partial charge in [0.25, 0.3) is 5.91 Å². The number of H-pyrrole nitrogens is 1. The van der Waals surface area contributed by atoms with Crippen LogP contribution >= 0.6 is 0 Å². The molecule has 0 aliphatic rings. The van der Waals surface area contributed by atoms with Crippen molar-refractivity contribution in [2.75, 3.05) is 6.54 Å². The molecular formula is C18H24N2O3. The van der Waals surface area contributed by atoms with Crippen LogP contribution in [0.15, 0.2) is 18.2 Å². The first-order valence-corrected chi connectivity index (χ1v) is 8.08. The Hall–Kier alpha value is -2.30. The molecule has 1 aromatic heterocycles. The first-order chi connectivity index (χ1) is 11.0. The predicted octanol–water partition coefficient (Wildman–Crippen LogP) is 3.55. The van der Waals surface area contributed by atoms with Gasteiger partial charge in [-0.3, -0.25) is 9.59 Å². The Morgan fingerprint density at radius 2 is 1.87 bits per heavy atom. The number of carboxylic acid groups (broad SMARTS) is 1. The van der Waals surface area contributed by atoms with Gasteiger partial charge in [0.15, 0.2) is 0 Å². The van der Waals surface area contributed by atoms with Crippen LogP contribution in [0.2, 0.25) is 0 Å². The fraction of sp³-hybridized carbons (Fsp3) is 0.444. The van der Waals surface area contributed by atoms with Crippen LogP contribution in [-0.2, 0) is 4.79 Å². The van der Waals surface area contributed by atoms with Crippen molar-refractivity contribution in [1.82, 2.24) is 10.3 Å². The maximum absolute atomic E-state index is 12.3. The summed E-state index contributed by atoms with van der Waals surface area (Å²) in [4.78, 5) is 26.0. The van der Waals surface area contributed by atoms with E-state index in [-0.39, 0.29) is 12.3 Å². The van der Waals surface area contributed by atoms with Gasteiger partial charge in [-0.25, -0.2) is 0 Å². The highest BCUT2D eigenvalue weighted by Gasteiger charge is 2.13. The number of fused-ring (bicyclic) bond motifs is 1. The van der Waals surface area contributed by atoms with Crippen LogP contribution < -0.4 is 5.32 Å². The molecule has 0 radical (unpaired) electrons. The van der Waals surface area contributed by atoms with Crippen molar-refractivity contribution in [2.24, 2.45) is 0 Å². The standard InChI is InChI=1S/C18H24N2O3/c1-12-13(2)20-17-14(12)8-7-9-15(17)18(23)19-11-6-4-3-5-10-16(21)22/h7-9,20H,3-6,10-11H2,1-2H3,(H,19,23)(H,21,22). The lowest BCUT2D eigenvalue weighted by molar-refractivity contribution is -0.137. The summed E-state index contributed by atoms with van der Waals surface area (Å²) >= 11 is 0.